The van der Waals surface area contributed by atoms with Crippen molar-refractivity contribution in [3.05, 3.63) is 69.8 Å². The molecule has 0 unspecified atom stereocenters. The molecule has 1 amide bonds. The normalized spacial score (nSPS) is 11.2. The predicted octanol–water partition coefficient (Wildman–Crippen LogP) is 4.90. The number of carbonyl (C=O) groups excluding carboxylic acids is 1. The fourth-order valence-corrected chi connectivity index (χ4v) is 5.90. The van der Waals surface area contributed by atoms with Gasteiger partial charge >= 0.3 is 0 Å². The van der Waals surface area contributed by atoms with Crippen LogP contribution in [-0.4, -0.2) is 36.5 Å². The van der Waals surface area contributed by atoms with E-state index in [0.29, 0.717) is 32.7 Å². The molecule has 13 heteroatoms. The molecule has 0 bridgehead atoms. The summed E-state index contributed by atoms with van der Waals surface area (Å²) < 4.78 is 33.8. The molecule has 2 aromatic heterocycles. The number of hydrogen-bond acceptors (Lipinski definition) is 8. The molecule has 0 fully saturated rings. The molecule has 0 aliphatic carbocycles. The zero-order valence-corrected chi connectivity index (χ0v) is 22.5. The molecule has 0 saturated heterocycles. The number of rotatable bonds is 6. The van der Waals surface area contributed by atoms with Gasteiger partial charge in [0.1, 0.15) is 10.6 Å². The lowest BCUT2D eigenvalue weighted by Gasteiger charge is -2.11. The van der Waals surface area contributed by atoms with Crippen LogP contribution >= 0.6 is 35.2 Å². The second-order valence-corrected chi connectivity index (χ2v) is 11.1. The summed E-state index contributed by atoms with van der Waals surface area (Å²) in [4.78, 5) is 21.3. The second-order valence-electron chi connectivity index (χ2n) is 7.62. The average Bonchev–Trinajstić information content (AvgIpc) is 3.14. The van der Waals surface area contributed by atoms with Crippen molar-refractivity contribution in [2.45, 2.75) is 18.7 Å². The van der Waals surface area contributed by atoms with Crippen LogP contribution in [0.25, 0.3) is 10.1 Å². The van der Waals surface area contributed by atoms with Crippen molar-refractivity contribution in [2.24, 2.45) is 0 Å². The van der Waals surface area contributed by atoms with Gasteiger partial charge in [0.2, 0.25) is 5.95 Å². The smallest absolute Gasteiger partial charge is 0.269 e. The number of thiocarbonyl (C=S) groups is 1. The van der Waals surface area contributed by atoms with E-state index < -0.39 is 15.9 Å². The number of fused-ring (bicyclic) bond motifs is 1. The van der Waals surface area contributed by atoms with E-state index in [9.17, 15) is 13.2 Å². The van der Waals surface area contributed by atoms with Gasteiger partial charge in [-0.05, 0) is 74.6 Å². The molecular weight excluding hydrogens is 542 g/mol. The summed E-state index contributed by atoms with van der Waals surface area (Å²) in [6, 6.07) is 12.9. The van der Waals surface area contributed by atoms with E-state index >= 15 is 0 Å². The molecule has 4 aromatic rings. The first-order valence-electron chi connectivity index (χ1n) is 10.4. The summed E-state index contributed by atoms with van der Waals surface area (Å²) in [5.41, 5.74) is 1.77. The zero-order valence-electron chi connectivity index (χ0n) is 19.2. The molecule has 0 aliphatic rings. The van der Waals surface area contributed by atoms with Crippen LogP contribution in [0.1, 0.15) is 21.1 Å². The maximum Gasteiger partial charge on any atom is 0.269 e. The largest absolute Gasteiger partial charge is 0.497 e. The Kier molecular flexibility index (Phi) is 7.41. The predicted molar refractivity (Wildman–Crippen MR) is 146 cm³/mol. The van der Waals surface area contributed by atoms with Crippen molar-refractivity contribution in [3.63, 3.8) is 0 Å². The van der Waals surface area contributed by atoms with Gasteiger partial charge < -0.3 is 10.1 Å². The van der Waals surface area contributed by atoms with Crippen molar-refractivity contribution >= 4 is 77.9 Å². The first-order valence-corrected chi connectivity index (χ1v) is 13.5. The molecule has 0 aliphatic heterocycles. The lowest BCUT2D eigenvalue weighted by Crippen LogP contribution is -2.33. The van der Waals surface area contributed by atoms with Gasteiger partial charge in [0.15, 0.2) is 5.11 Å². The molecular formula is C23H20ClN5O4S3. The summed E-state index contributed by atoms with van der Waals surface area (Å²) in [6.07, 6.45) is 0. The Labute approximate surface area is 221 Å². The van der Waals surface area contributed by atoms with E-state index in [-0.39, 0.29) is 16.0 Å². The van der Waals surface area contributed by atoms with Crippen LogP contribution in [0.3, 0.4) is 0 Å². The molecule has 0 spiro atoms. The number of amides is 1. The minimum atomic E-state index is -3.90. The van der Waals surface area contributed by atoms with Gasteiger partial charge in [0.25, 0.3) is 15.9 Å². The minimum absolute atomic E-state index is 0.00284. The van der Waals surface area contributed by atoms with Crippen LogP contribution in [0.5, 0.6) is 5.75 Å². The maximum atomic E-state index is 12.8. The van der Waals surface area contributed by atoms with Gasteiger partial charge in [-0.15, -0.1) is 11.3 Å². The first-order chi connectivity index (χ1) is 17.1. The lowest BCUT2D eigenvalue weighted by atomic mass is 10.2. The van der Waals surface area contributed by atoms with Gasteiger partial charge in [-0.2, -0.15) is 0 Å². The molecule has 0 saturated carbocycles. The van der Waals surface area contributed by atoms with Crippen LogP contribution in [0.15, 0.2) is 53.4 Å². The first kappa shape index (κ1) is 25.8. The van der Waals surface area contributed by atoms with Crippen LogP contribution in [0.2, 0.25) is 5.02 Å². The number of nitrogens with one attached hydrogen (secondary N) is 3. The number of methoxy groups -OCH3 is 1. The molecule has 4 rings (SSSR count). The Morgan fingerprint density at radius 2 is 1.72 bits per heavy atom. The highest BCUT2D eigenvalue weighted by Crippen LogP contribution is 2.37. The highest BCUT2D eigenvalue weighted by atomic mass is 35.5. The van der Waals surface area contributed by atoms with E-state index in [1.165, 1.54) is 35.6 Å². The standard InChI is InChI=1S/C23H20ClN5O4S3/c1-12-10-13(2)26-22(25-12)29-36(31,32)16-7-4-14(5-8-16)27-23(34)28-21(30)20-19(24)17-9-6-15(33-3)11-18(17)35-20/h4-11H,1-3H3,(H,25,26,29)(H2,27,28,30,34). The van der Waals surface area contributed by atoms with Crippen molar-refractivity contribution < 1.29 is 17.9 Å². The fraction of sp³-hybridized carbons (Fsp3) is 0.130. The highest BCUT2D eigenvalue weighted by Gasteiger charge is 2.19. The molecule has 186 valence electrons. The third-order valence-electron chi connectivity index (χ3n) is 4.90. The Hall–Kier alpha value is -3.32. The molecule has 2 aromatic carbocycles. The fourth-order valence-electron chi connectivity index (χ4n) is 3.31. The summed E-state index contributed by atoms with van der Waals surface area (Å²) >= 11 is 12.9. The number of hydrogen-bond donors (Lipinski definition) is 3. The average molecular weight is 562 g/mol. The van der Waals surface area contributed by atoms with Gasteiger partial charge in [0.05, 0.1) is 17.0 Å². The molecule has 36 heavy (non-hydrogen) atoms. The van der Waals surface area contributed by atoms with Crippen molar-refractivity contribution in [3.8, 4) is 5.75 Å². The second kappa shape index (κ2) is 10.3. The van der Waals surface area contributed by atoms with Gasteiger partial charge in [-0.25, -0.2) is 23.1 Å². The van der Waals surface area contributed by atoms with E-state index in [2.05, 4.69) is 25.3 Å². The van der Waals surface area contributed by atoms with Crippen molar-refractivity contribution in [1.82, 2.24) is 15.3 Å². The number of halogens is 1. The Morgan fingerprint density at radius 1 is 1.06 bits per heavy atom. The van der Waals surface area contributed by atoms with Crippen molar-refractivity contribution in [2.75, 3.05) is 17.1 Å². The van der Waals surface area contributed by atoms with Crippen LogP contribution in [0.4, 0.5) is 11.6 Å². The monoisotopic (exact) mass is 561 g/mol. The van der Waals surface area contributed by atoms with Crippen molar-refractivity contribution in [1.29, 1.82) is 0 Å². The number of aryl methyl sites for hydroxylation is 2. The highest BCUT2D eigenvalue weighted by molar-refractivity contribution is 7.92. The van der Waals surface area contributed by atoms with Crippen LogP contribution in [0, 0.1) is 13.8 Å². The van der Waals surface area contributed by atoms with Gasteiger partial charge in [-0.3, -0.25) is 10.1 Å². The summed E-state index contributed by atoms with van der Waals surface area (Å²) in [5, 5.41) is 6.55. The lowest BCUT2D eigenvalue weighted by molar-refractivity contribution is 0.0982. The Bertz CT molecular complexity index is 1570. The summed E-state index contributed by atoms with van der Waals surface area (Å²) in [5.74, 6) is 0.193. The zero-order chi connectivity index (χ0) is 26.0. The maximum absolute atomic E-state index is 12.8. The van der Waals surface area contributed by atoms with E-state index in [1.807, 2.05) is 0 Å². The van der Waals surface area contributed by atoms with E-state index in [1.54, 1.807) is 45.2 Å². The number of carbonyl (C=O) groups is 1. The Balaban J connectivity index is 1.42. The number of sulfonamides is 1. The molecule has 3 N–H and O–H groups in total. The number of anilines is 2. The molecule has 2 heterocycles. The third-order valence-corrected chi connectivity index (χ3v) is 8.10. The molecule has 0 radical (unpaired) electrons. The number of thiophene rings is 1. The number of nitrogens with zero attached hydrogens (tertiary/aromatic N) is 2. The van der Waals surface area contributed by atoms with Crippen LogP contribution < -0.4 is 20.1 Å². The number of benzene rings is 2. The topological polar surface area (TPSA) is 122 Å². The molecule has 0 atom stereocenters. The summed E-state index contributed by atoms with van der Waals surface area (Å²) in [6.45, 7) is 3.50. The Morgan fingerprint density at radius 3 is 2.36 bits per heavy atom. The van der Waals surface area contributed by atoms with E-state index in [4.69, 9.17) is 28.6 Å². The van der Waals surface area contributed by atoms with E-state index in [0.717, 1.165) is 10.1 Å². The minimum Gasteiger partial charge on any atom is -0.497 e. The van der Waals surface area contributed by atoms with Gasteiger partial charge in [-0.1, -0.05) is 11.6 Å². The summed E-state index contributed by atoms with van der Waals surface area (Å²) in [7, 11) is -2.34. The quantitative estimate of drug-likeness (QED) is 0.284. The molecule has 9 nitrogen and oxygen atoms in total. The number of aromatic nitrogens is 2. The third kappa shape index (κ3) is 5.73. The van der Waals surface area contributed by atoms with Gasteiger partial charge in [0, 0.05) is 27.2 Å². The SMILES string of the molecule is COc1ccc2c(Cl)c(C(=O)NC(=S)Nc3ccc(S(=O)(=O)Nc4nc(C)cc(C)n4)cc3)sc2c1. The number of ether oxygens (including phenoxy) is 1. The van der Waals surface area contributed by atoms with Crippen LogP contribution in [-0.2, 0) is 10.0 Å².